The lowest BCUT2D eigenvalue weighted by Gasteiger charge is -1.95. The van der Waals surface area contributed by atoms with Crippen LogP contribution in [0.1, 0.15) is 11.1 Å². The normalized spacial score (nSPS) is 12.0. The van der Waals surface area contributed by atoms with E-state index in [1.54, 1.807) is 18.2 Å². The molecule has 128 valence electrons. The SMILES string of the molecule is Cc1ccc(C=c2sc3nc(-c4cccc([N+](=O)[O-])c4)nn3c2=O)cc1. The first-order valence-corrected chi connectivity index (χ1v) is 8.56. The first-order valence-electron chi connectivity index (χ1n) is 7.74. The number of thiazole rings is 1. The maximum Gasteiger partial charge on any atom is 0.291 e. The molecular weight excluding hydrogens is 352 g/mol. The van der Waals surface area contributed by atoms with Crippen LogP contribution in [-0.2, 0) is 0 Å². The van der Waals surface area contributed by atoms with Crippen LogP contribution in [0.3, 0.4) is 0 Å². The fraction of sp³-hybridized carbons (Fsp3) is 0.0556. The second kappa shape index (κ2) is 6.16. The van der Waals surface area contributed by atoms with Gasteiger partial charge < -0.3 is 0 Å². The zero-order valence-electron chi connectivity index (χ0n) is 13.6. The van der Waals surface area contributed by atoms with Crippen LogP contribution in [0.2, 0.25) is 0 Å². The third-order valence-electron chi connectivity index (χ3n) is 3.87. The second-order valence-electron chi connectivity index (χ2n) is 5.76. The van der Waals surface area contributed by atoms with Crippen molar-refractivity contribution < 1.29 is 4.92 Å². The highest BCUT2D eigenvalue weighted by Crippen LogP contribution is 2.21. The van der Waals surface area contributed by atoms with E-state index in [1.807, 2.05) is 31.2 Å². The van der Waals surface area contributed by atoms with Gasteiger partial charge in [-0.1, -0.05) is 53.3 Å². The van der Waals surface area contributed by atoms with Gasteiger partial charge in [-0.3, -0.25) is 14.9 Å². The van der Waals surface area contributed by atoms with E-state index >= 15 is 0 Å². The summed E-state index contributed by atoms with van der Waals surface area (Å²) in [5.41, 5.74) is 2.27. The topological polar surface area (TPSA) is 90.4 Å². The van der Waals surface area contributed by atoms with Gasteiger partial charge in [-0.15, -0.1) is 5.10 Å². The van der Waals surface area contributed by atoms with E-state index in [2.05, 4.69) is 10.1 Å². The molecule has 0 spiro atoms. The zero-order chi connectivity index (χ0) is 18.3. The fourth-order valence-electron chi connectivity index (χ4n) is 2.53. The number of hydrogen-bond acceptors (Lipinski definition) is 6. The van der Waals surface area contributed by atoms with Crippen LogP contribution in [0.15, 0.2) is 53.3 Å². The Morgan fingerprint density at radius 1 is 1.19 bits per heavy atom. The molecule has 0 saturated carbocycles. The quantitative estimate of drug-likeness (QED) is 0.412. The molecule has 0 N–H and O–H groups in total. The highest BCUT2D eigenvalue weighted by Gasteiger charge is 2.14. The molecule has 8 heteroatoms. The maximum atomic E-state index is 12.6. The van der Waals surface area contributed by atoms with E-state index in [0.29, 0.717) is 20.9 Å². The van der Waals surface area contributed by atoms with Gasteiger partial charge in [-0.2, -0.15) is 9.50 Å². The molecule has 4 aromatic rings. The van der Waals surface area contributed by atoms with Crippen molar-refractivity contribution in [2.75, 3.05) is 0 Å². The summed E-state index contributed by atoms with van der Waals surface area (Å²) >= 11 is 1.24. The molecule has 4 rings (SSSR count). The molecule has 26 heavy (non-hydrogen) atoms. The van der Waals surface area contributed by atoms with Gasteiger partial charge in [0.15, 0.2) is 5.82 Å². The van der Waals surface area contributed by atoms with Crippen molar-refractivity contribution in [3.63, 3.8) is 0 Å². The third kappa shape index (κ3) is 2.86. The molecule has 2 heterocycles. The summed E-state index contributed by atoms with van der Waals surface area (Å²) in [6, 6.07) is 13.9. The number of rotatable bonds is 3. The summed E-state index contributed by atoms with van der Waals surface area (Å²) in [5.74, 6) is 0.291. The summed E-state index contributed by atoms with van der Waals surface area (Å²) in [6.07, 6.45) is 1.80. The van der Waals surface area contributed by atoms with Crippen molar-refractivity contribution in [1.82, 2.24) is 14.6 Å². The smallest absolute Gasteiger partial charge is 0.266 e. The maximum absolute atomic E-state index is 12.6. The number of nitrogens with zero attached hydrogens (tertiary/aromatic N) is 4. The minimum Gasteiger partial charge on any atom is -0.266 e. The monoisotopic (exact) mass is 364 g/mol. The number of aromatic nitrogens is 3. The fourth-order valence-corrected chi connectivity index (χ4v) is 3.44. The lowest BCUT2D eigenvalue weighted by atomic mass is 10.1. The van der Waals surface area contributed by atoms with Gasteiger partial charge in [0.2, 0.25) is 4.96 Å². The Balaban J connectivity index is 1.79. The molecule has 0 bridgehead atoms. The Labute approximate surface area is 151 Å². The molecule has 2 aromatic carbocycles. The van der Waals surface area contributed by atoms with Crippen LogP contribution in [-0.4, -0.2) is 19.5 Å². The average Bonchev–Trinajstić information content (AvgIpc) is 3.17. The molecule has 2 aromatic heterocycles. The van der Waals surface area contributed by atoms with Crippen LogP contribution >= 0.6 is 11.3 Å². The molecule has 0 saturated heterocycles. The Kier molecular flexibility index (Phi) is 3.81. The van der Waals surface area contributed by atoms with Crippen molar-refractivity contribution in [2.24, 2.45) is 0 Å². The van der Waals surface area contributed by atoms with E-state index in [4.69, 9.17) is 0 Å². The second-order valence-corrected chi connectivity index (χ2v) is 6.77. The molecule has 0 radical (unpaired) electrons. The molecule has 0 aliphatic heterocycles. The van der Waals surface area contributed by atoms with Crippen LogP contribution in [0.25, 0.3) is 22.4 Å². The van der Waals surface area contributed by atoms with E-state index < -0.39 is 4.92 Å². The zero-order valence-corrected chi connectivity index (χ0v) is 14.4. The molecule has 0 unspecified atom stereocenters. The van der Waals surface area contributed by atoms with Gasteiger partial charge in [0.1, 0.15) is 0 Å². The number of benzene rings is 2. The van der Waals surface area contributed by atoms with Gasteiger partial charge in [0.25, 0.3) is 11.2 Å². The van der Waals surface area contributed by atoms with Crippen LogP contribution in [0, 0.1) is 17.0 Å². The van der Waals surface area contributed by atoms with Gasteiger partial charge in [0, 0.05) is 17.7 Å². The van der Waals surface area contributed by atoms with Crippen molar-refractivity contribution in [3.8, 4) is 11.4 Å². The molecule has 0 atom stereocenters. The number of non-ortho nitro benzene ring substituents is 1. The Hall–Kier alpha value is -3.39. The van der Waals surface area contributed by atoms with Crippen molar-refractivity contribution in [1.29, 1.82) is 0 Å². The first-order chi connectivity index (χ1) is 12.5. The largest absolute Gasteiger partial charge is 0.291 e. The molecular formula is C18H12N4O3S. The molecule has 0 fully saturated rings. The Morgan fingerprint density at radius 2 is 1.96 bits per heavy atom. The van der Waals surface area contributed by atoms with Crippen LogP contribution < -0.4 is 10.1 Å². The Morgan fingerprint density at radius 3 is 2.65 bits per heavy atom. The summed E-state index contributed by atoms with van der Waals surface area (Å²) in [7, 11) is 0. The van der Waals surface area contributed by atoms with E-state index in [9.17, 15) is 14.9 Å². The lowest BCUT2D eigenvalue weighted by Crippen LogP contribution is -2.23. The third-order valence-corrected chi connectivity index (χ3v) is 4.83. The first kappa shape index (κ1) is 16.1. The van der Waals surface area contributed by atoms with E-state index in [0.717, 1.165) is 11.1 Å². The number of hydrogen-bond donors (Lipinski definition) is 0. The van der Waals surface area contributed by atoms with Crippen LogP contribution in [0.4, 0.5) is 5.69 Å². The Bertz CT molecular complexity index is 1240. The van der Waals surface area contributed by atoms with Crippen molar-refractivity contribution in [3.05, 3.63) is 84.7 Å². The molecule has 0 aliphatic rings. The highest BCUT2D eigenvalue weighted by molar-refractivity contribution is 7.15. The molecule has 7 nitrogen and oxygen atoms in total. The molecule has 0 aliphatic carbocycles. The van der Waals surface area contributed by atoms with E-state index in [1.165, 1.54) is 28.0 Å². The molecule has 0 amide bonds. The minimum absolute atomic E-state index is 0.0450. The van der Waals surface area contributed by atoms with Gasteiger partial charge in [-0.25, -0.2) is 0 Å². The standard InChI is InChI=1S/C18H12N4O3S/c1-11-5-7-12(8-6-11)9-15-17(23)21-18(26-15)19-16(20-21)13-3-2-4-14(10-13)22(24)25/h2-10H,1H3. The highest BCUT2D eigenvalue weighted by atomic mass is 32.1. The average molecular weight is 364 g/mol. The number of nitro benzene ring substituents is 1. The van der Waals surface area contributed by atoms with E-state index in [-0.39, 0.29) is 11.2 Å². The van der Waals surface area contributed by atoms with Gasteiger partial charge in [-0.05, 0) is 18.6 Å². The predicted octanol–water partition coefficient (Wildman–Crippen LogP) is 2.58. The van der Waals surface area contributed by atoms with Crippen LogP contribution in [0.5, 0.6) is 0 Å². The lowest BCUT2D eigenvalue weighted by molar-refractivity contribution is -0.384. The van der Waals surface area contributed by atoms with Crippen molar-refractivity contribution >= 4 is 28.1 Å². The number of aryl methyl sites for hydroxylation is 1. The summed E-state index contributed by atoms with van der Waals surface area (Å²) < 4.78 is 1.77. The number of nitro groups is 1. The summed E-state index contributed by atoms with van der Waals surface area (Å²) in [6.45, 7) is 2.00. The van der Waals surface area contributed by atoms with Gasteiger partial charge in [0.05, 0.1) is 9.46 Å². The van der Waals surface area contributed by atoms with Gasteiger partial charge >= 0.3 is 0 Å². The summed E-state index contributed by atoms with van der Waals surface area (Å²) in [5, 5.41) is 15.1. The summed E-state index contributed by atoms with van der Waals surface area (Å²) in [4.78, 5) is 27.8. The minimum atomic E-state index is -0.477. The number of fused-ring (bicyclic) bond motifs is 1. The predicted molar refractivity (Wildman–Crippen MR) is 99.2 cm³/mol. The van der Waals surface area contributed by atoms with Crippen molar-refractivity contribution in [2.45, 2.75) is 6.92 Å².